The largest absolute Gasteiger partial charge is 0.416 e. The smallest absolute Gasteiger partial charge is 0.322 e. The molecule has 0 fully saturated rings. The van der Waals surface area contributed by atoms with Crippen LogP contribution in [0, 0.1) is 0 Å². The molecule has 2 aromatic rings. The lowest BCUT2D eigenvalue weighted by Crippen LogP contribution is -2.16. The molecular formula is C16H9F6NO2. The van der Waals surface area contributed by atoms with Gasteiger partial charge >= 0.3 is 12.4 Å². The molecule has 132 valence electrons. The second-order valence-corrected chi connectivity index (χ2v) is 4.99. The van der Waals surface area contributed by atoms with Gasteiger partial charge in [0.25, 0.3) is 5.91 Å². The highest BCUT2D eigenvalue weighted by atomic mass is 19.4. The highest BCUT2D eigenvalue weighted by molar-refractivity contribution is 6.04. The van der Waals surface area contributed by atoms with E-state index in [9.17, 15) is 35.9 Å². The highest BCUT2D eigenvalue weighted by Gasteiger charge is 2.37. The first-order chi connectivity index (χ1) is 11.5. The summed E-state index contributed by atoms with van der Waals surface area (Å²) in [6.45, 7) is 0. The highest BCUT2D eigenvalue weighted by Crippen LogP contribution is 2.37. The van der Waals surface area contributed by atoms with Gasteiger partial charge in [0.15, 0.2) is 0 Å². The average Bonchev–Trinajstić information content (AvgIpc) is 2.53. The van der Waals surface area contributed by atoms with Gasteiger partial charge in [0.2, 0.25) is 0 Å². The summed E-state index contributed by atoms with van der Waals surface area (Å²) in [5.41, 5.74) is -3.49. The van der Waals surface area contributed by atoms with Gasteiger partial charge in [-0.15, -0.1) is 0 Å². The summed E-state index contributed by atoms with van der Waals surface area (Å²) in [6.07, 6.45) is -9.50. The van der Waals surface area contributed by atoms with E-state index in [0.29, 0.717) is 18.4 Å². The van der Waals surface area contributed by atoms with Gasteiger partial charge in [0.05, 0.1) is 11.1 Å². The van der Waals surface area contributed by atoms with Gasteiger partial charge in [0.1, 0.15) is 6.29 Å². The van der Waals surface area contributed by atoms with Crippen LogP contribution in [0.1, 0.15) is 31.8 Å². The lowest BCUT2D eigenvalue weighted by molar-refractivity contribution is -0.143. The van der Waals surface area contributed by atoms with Crippen LogP contribution in [0.5, 0.6) is 0 Å². The number of carbonyl (C=O) groups excluding carboxylic acids is 2. The number of hydrogen-bond acceptors (Lipinski definition) is 2. The number of anilines is 1. The molecule has 0 heterocycles. The monoisotopic (exact) mass is 361 g/mol. The molecule has 0 aliphatic heterocycles. The summed E-state index contributed by atoms with van der Waals surface area (Å²) in [7, 11) is 0. The van der Waals surface area contributed by atoms with Crippen LogP contribution in [0.15, 0.2) is 42.5 Å². The van der Waals surface area contributed by atoms with Crippen molar-refractivity contribution in [2.24, 2.45) is 0 Å². The molecular weight excluding hydrogens is 352 g/mol. The number of amides is 1. The van der Waals surface area contributed by atoms with Gasteiger partial charge in [-0.05, 0) is 30.3 Å². The molecule has 2 rings (SSSR count). The van der Waals surface area contributed by atoms with Crippen LogP contribution in [-0.4, -0.2) is 12.2 Å². The third kappa shape index (κ3) is 4.59. The van der Waals surface area contributed by atoms with Crippen LogP contribution in [0.25, 0.3) is 0 Å². The maximum Gasteiger partial charge on any atom is 0.416 e. The number of rotatable bonds is 3. The van der Waals surface area contributed by atoms with Crippen molar-refractivity contribution < 1.29 is 35.9 Å². The molecule has 0 atom stereocenters. The van der Waals surface area contributed by atoms with E-state index in [-0.39, 0.29) is 17.2 Å². The summed E-state index contributed by atoms with van der Waals surface area (Å²) in [5.74, 6) is -0.912. The summed E-state index contributed by atoms with van der Waals surface area (Å²) in [6, 6.07) is 5.80. The maximum atomic E-state index is 12.8. The van der Waals surface area contributed by atoms with E-state index in [4.69, 9.17) is 0 Å². The summed E-state index contributed by atoms with van der Waals surface area (Å²) in [4.78, 5) is 22.5. The Morgan fingerprint density at radius 2 is 1.32 bits per heavy atom. The van der Waals surface area contributed by atoms with Crippen LogP contribution in [0.3, 0.4) is 0 Å². The van der Waals surface area contributed by atoms with Gasteiger partial charge < -0.3 is 5.32 Å². The van der Waals surface area contributed by atoms with Crippen LogP contribution >= 0.6 is 0 Å². The van der Waals surface area contributed by atoms with E-state index in [0.717, 1.165) is 0 Å². The standard InChI is InChI=1S/C16H9F6NO2/c17-15(18,19)11-5-12(16(20,21)22)7-13(6-11)23-14(25)10-3-1-9(8-24)2-4-10/h1-8H,(H,23,25). The lowest BCUT2D eigenvalue weighted by Gasteiger charge is -2.14. The first-order valence-electron chi connectivity index (χ1n) is 6.67. The molecule has 1 amide bonds. The number of benzene rings is 2. The van der Waals surface area contributed by atoms with E-state index >= 15 is 0 Å². The van der Waals surface area contributed by atoms with Crippen LogP contribution in [0.4, 0.5) is 32.0 Å². The molecule has 3 nitrogen and oxygen atoms in total. The Bertz CT molecular complexity index is 762. The van der Waals surface area contributed by atoms with Crippen molar-refractivity contribution in [1.29, 1.82) is 0 Å². The Hall–Kier alpha value is -2.84. The quantitative estimate of drug-likeness (QED) is 0.631. The zero-order chi connectivity index (χ0) is 18.8. The van der Waals surface area contributed by atoms with Crippen LogP contribution in [0.2, 0.25) is 0 Å². The van der Waals surface area contributed by atoms with Crippen molar-refractivity contribution in [2.75, 3.05) is 5.32 Å². The fourth-order valence-corrected chi connectivity index (χ4v) is 1.94. The second kappa shape index (κ2) is 6.58. The summed E-state index contributed by atoms with van der Waals surface area (Å²) >= 11 is 0. The lowest BCUT2D eigenvalue weighted by atomic mass is 10.1. The van der Waals surface area contributed by atoms with Gasteiger partial charge in [-0.3, -0.25) is 9.59 Å². The van der Waals surface area contributed by atoms with Crippen LogP contribution < -0.4 is 5.32 Å². The predicted molar refractivity (Wildman–Crippen MR) is 76.2 cm³/mol. The molecule has 0 saturated heterocycles. The predicted octanol–water partition coefficient (Wildman–Crippen LogP) is 4.79. The van der Waals surface area contributed by atoms with E-state index in [1.165, 1.54) is 24.3 Å². The Morgan fingerprint density at radius 3 is 1.72 bits per heavy atom. The maximum absolute atomic E-state index is 12.8. The summed E-state index contributed by atoms with van der Waals surface area (Å²) < 4.78 is 76.6. The normalized spacial score (nSPS) is 11.9. The molecule has 2 aromatic carbocycles. The van der Waals surface area contributed by atoms with E-state index < -0.39 is 35.1 Å². The Morgan fingerprint density at radius 1 is 0.840 bits per heavy atom. The number of hydrogen-bond donors (Lipinski definition) is 1. The molecule has 0 aliphatic rings. The number of halogens is 6. The molecule has 0 saturated carbocycles. The molecule has 0 spiro atoms. The van der Waals surface area contributed by atoms with Crippen molar-refractivity contribution in [3.8, 4) is 0 Å². The van der Waals surface area contributed by atoms with Crippen molar-refractivity contribution in [2.45, 2.75) is 12.4 Å². The Balaban J connectivity index is 2.37. The van der Waals surface area contributed by atoms with E-state index in [1.54, 1.807) is 0 Å². The van der Waals surface area contributed by atoms with Gasteiger partial charge in [-0.1, -0.05) is 12.1 Å². The molecule has 9 heteroatoms. The fraction of sp³-hybridized carbons (Fsp3) is 0.125. The molecule has 1 N–H and O–H groups in total. The van der Waals surface area contributed by atoms with Crippen LogP contribution in [-0.2, 0) is 12.4 Å². The molecule has 0 radical (unpaired) electrons. The first kappa shape index (κ1) is 18.5. The zero-order valence-corrected chi connectivity index (χ0v) is 12.2. The molecule has 0 aliphatic carbocycles. The van der Waals surface area contributed by atoms with Crippen molar-refractivity contribution >= 4 is 17.9 Å². The topological polar surface area (TPSA) is 46.2 Å². The summed E-state index contributed by atoms with van der Waals surface area (Å²) in [5, 5.41) is 1.99. The van der Waals surface area contributed by atoms with E-state index in [1.807, 2.05) is 5.32 Å². The minimum absolute atomic E-state index is 0.0310. The minimum Gasteiger partial charge on any atom is -0.322 e. The molecule has 0 unspecified atom stereocenters. The zero-order valence-electron chi connectivity index (χ0n) is 12.2. The third-order valence-electron chi connectivity index (χ3n) is 3.15. The third-order valence-corrected chi connectivity index (χ3v) is 3.15. The first-order valence-corrected chi connectivity index (χ1v) is 6.67. The van der Waals surface area contributed by atoms with Gasteiger partial charge in [-0.25, -0.2) is 0 Å². The van der Waals surface area contributed by atoms with Gasteiger partial charge in [0, 0.05) is 16.8 Å². The van der Waals surface area contributed by atoms with Gasteiger partial charge in [-0.2, -0.15) is 26.3 Å². The van der Waals surface area contributed by atoms with E-state index in [2.05, 4.69) is 0 Å². The van der Waals surface area contributed by atoms with Crippen molar-refractivity contribution in [3.63, 3.8) is 0 Å². The molecule has 25 heavy (non-hydrogen) atoms. The number of aldehydes is 1. The minimum atomic E-state index is -5.01. The molecule has 0 bridgehead atoms. The Labute approximate surface area is 137 Å². The number of alkyl halides is 6. The SMILES string of the molecule is O=Cc1ccc(C(=O)Nc2cc(C(F)(F)F)cc(C(F)(F)F)c2)cc1. The molecule has 0 aromatic heterocycles. The second-order valence-electron chi connectivity index (χ2n) is 4.99. The fourth-order valence-electron chi connectivity index (χ4n) is 1.94. The number of carbonyl (C=O) groups is 2. The average molecular weight is 361 g/mol. The Kier molecular flexibility index (Phi) is 4.87. The van der Waals surface area contributed by atoms with Crippen molar-refractivity contribution in [3.05, 3.63) is 64.7 Å². The number of nitrogens with one attached hydrogen (secondary N) is 1. The van der Waals surface area contributed by atoms with Crippen molar-refractivity contribution in [1.82, 2.24) is 0 Å².